The van der Waals surface area contributed by atoms with Gasteiger partial charge in [-0.25, -0.2) is 0 Å². The van der Waals surface area contributed by atoms with Gasteiger partial charge in [-0.3, -0.25) is 10.1 Å². The fourth-order valence-corrected chi connectivity index (χ4v) is 2.70. The molecule has 0 aromatic heterocycles. The Balaban J connectivity index is 1.88. The predicted molar refractivity (Wildman–Crippen MR) is 107 cm³/mol. The Kier molecular flexibility index (Phi) is 7.41. The number of benzene rings is 2. The number of carbonyl (C=O) groups is 1. The lowest BCUT2D eigenvalue weighted by atomic mass is 10.2. The van der Waals surface area contributed by atoms with E-state index in [0.717, 1.165) is 15.0 Å². The number of hydrogen-bond acceptors (Lipinski definition) is 4. The third kappa shape index (κ3) is 5.73. The molecule has 2 rings (SSSR count). The molecule has 0 aliphatic heterocycles. The molecule has 24 heavy (non-hydrogen) atoms. The van der Waals surface area contributed by atoms with Crippen LogP contribution in [0.3, 0.4) is 0 Å². The van der Waals surface area contributed by atoms with Crippen LogP contribution in [-0.2, 0) is 4.74 Å². The van der Waals surface area contributed by atoms with Crippen LogP contribution in [0.2, 0.25) is 0 Å². The highest BCUT2D eigenvalue weighted by Gasteiger charge is 2.10. The molecule has 7 heteroatoms. The summed E-state index contributed by atoms with van der Waals surface area (Å²) in [6.07, 6.45) is 0. The molecular weight excluding hydrogens is 439 g/mol. The molecule has 0 heterocycles. The lowest BCUT2D eigenvalue weighted by Crippen LogP contribution is -2.34. The topological polar surface area (TPSA) is 59.6 Å². The van der Waals surface area contributed by atoms with Crippen molar-refractivity contribution in [3.63, 3.8) is 0 Å². The van der Waals surface area contributed by atoms with Gasteiger partial charge >= 0.3 is 0 Å². The average Bonchev–Trinajstić information content (AvgIpc) is 2.57. The zero-order valence-corrected chi connectivity index (χ0v) is 16.0. The first-order valence-corrected chi connectivity index (χ1v) is 8.67. The van der Waals surface area contributed by atoms with Crippen molar-refractivity contribution in [3.05, 3.63) is 57.7 Å². The molecule has 0 aliphatic carbocycles. The van der Waals surface area contributed by atoms with Crippen molar-refractivity contribution in [1.29, 1.82) is 0 Å². The summed E-state index contributed by atoms with van der Waals surface area (Å²) in [5.41, 5.74) is 1.35. The number of nitrogens with one attached hydrogen (secondary N) is 2. The van der Waals surface area contributed by atoms with Gasteiger partial charge in [0.1, 0.15) is 12.4 Å². The second-order valence-electron chi connectivity index (χ2n) is 4.75. The van der Waals surface area contributed by atoms with Crippen LogP contribution >= 0.6 is 34.8 Å². The molecule has 126 valence electrons. The summed E-state index contributed by atoms with van der Waals surface area (Å²) in [6.45, 7) is 1.03. The van der Waals surface area contributed by atoms with Crippen molar-refractivity contribution in [3.8, 4) is 5.75 Å². The Labute approximate surface area is 159 Å². The van der Waals surface area contributed by atoms with Crippen LogP contribution in [0.1, 0.15) is 10.4 Å². The zero-order chi connectivity index (χ0) is 17.4. The highest BCUT2D eigenvalue weighted by atomic mass is 127. The van der Waals surface area contributed by atoms with E-state index in [9.17, 15) is 4.79 Å². The van der Waals surface area contributed by atoms with E-state index in [2.05, 4.69) is 33.2 Å². The summed E-state index contributed by atoms with van der Waals surface area (Å²) in [5.74, 6) is 0.503. The van der Waals surface area contributed by atoms with Gasteiger partial charge in [-0.1, -0.05) is 12.1 Å². The zero-order valence-electron chi connectivity index (χ0n) is 13.0. The highest BCUT2D eigenvalue weighted by Crippen LogP contribution is 2.16. The van der Waals surface area contributed by atoms with Gasteiger partial charge in [-0.15, -0.1) is 0 Å². The second kappa shape index (κ2) is 9.55. The molecule has 0 unspecified atom stereocenters. The van der Waals surface area contributed by atoms with E-state index in [1.54, 1.807) is 13.2 Å². The standard InChI is InChI=1S/C17H17IN2O3S/c1-22-10-11-23-13-8-6-12(7-9-13)19-17(24)20-16(21)14-4-2-3-5-15(14)18/h2-9H,10-11H2,1H3,(H2,19,20,21,24). The Morgan fingerprint density at radius 3 is 2.50 bits per heavy atom. The third-order valence-corrected chi connectivity index (χ3v) is 4.16. The minimum atomic E-state index is -0.239. The molecular formula is C17H17IN2O3S. The van der Waals surface area contributed by atoms with Crippen molar-refractivity contribution >= 4 is 51.5 Å². The Morgan fingerprint density at radius 2 is 1.83 bits per heavy atom. The summed E-state index contributed by atoms with van der Waals surface area (Å²) in [6, 6.07) is 14.6. The van der Waals surface area contributed by atoms with Crippen molar-refractivity contribution in [2.45, 2.75) is 0 Å². The Hall–Kier alpha value is -1.71. The maximum atomic E-state index is 12.2. The van der Waals surface area contributed by atoms with Gasteiger partial charge in [-0.05, 0) is 71.2 Å². The van der Waals surface area contributed by atoms with Crippen molar-refractivity contribution in [1.82, 2.24) is 5.32 Å². The van der Waals surface area contributed by atoms with Gasteiger partial charge in [0.25, 0.3) is 5.91 Å². The molecule has 0 aliphatic rings. The summed E-state index contributed by atoms with van der Waals surface area (Å²) in [5, 5.41) is 5.89. The van der Waals surface area contributed by atoms with E-state index >= 15 is 0 Å². The number of rotatable bonds is 6. The van der Waals surface area contributed by atoms with Gasteiger partial charge < -0.3 is 14.8 Å². The van der Waals surface area contributed by atoms with Gasteiger partial charge in [0.05, 0.1) is 12.2 Å². The van der Waals surface area contributed by atoms with Gasteiger partial charge in [0.2, 0.25) is 0 Å². The van der Waals surface area contributed by atoms with Crippen LogP contribution in [0.4, 0.5) is 5.69 Å². The number of halogens is 1. The minimum absolute atomic E-state index is 0.239. The summed E-state index contributed by atoms with van der Waals surface area (Å²) < 4.78 is 11.3. The van der Waals surface area contributed by atoms with Crippen LogP contribution in [0.5, 0.6) is 5.75 Å². The molecule has 0 saturated carbocycles. The van der Waals surface area contributed by atoms with Gasteiger partial charge in [0, 0.05) is 16.4 Å². The smallest absolute Gasteiger partial charge is 0.258 e. The lowest BCUT2D eigenvalue weighted by Gasteiger charge is -2.11. The molecule has 0 bridgehead atoms. The molecule has 2 N–H and O–H groups in total. The number of methoxy groups -OCH3 is 1. The van der Waals surface area contributed by atoms with E-state index in [-0.39, 0.29) is 11.0 Å². The fourth-order valence-electron chi connectivity index (χ4n) is 1.86. The Bertz CT molecular complexity index is 707. The normalized spacial score (nSPS) is 10.1. The van der Waals surface area contributed by atoms with Crippen LogP contribution in [0.25, 0.3) is 0 Å². The van der Waals surface area contributed by atoms with Crippen LogP contribution in [-0.4, -0.2) is 31.3 Å². The average molecular weight is 456 g/mol. The molecule has 0 saturated heterocycles. The largest absolute Gasteiger partial charge is 0.491 e. The Morgan fingerprint density at radius 1 is 1.12 bits per heavy atom. The quantitative estimate of drug-likeness (QED) is 0.396. The third-order valence-electron chi connectivity index (χ3n) is 3.01. The molecule has 0 radical (unpaired) electrons. The van der Waals surface area contributed by atoms with E-state index in [1.807, 2.05) is 42.5 Å². The van der Waals surface area contributed by atoms with Crippen molar-refractivity contribution < 1.29 is 14.3 Å². The predicted octanol–water partition coefficient (Wildman–Crippen LogP) is 3.44. The molecule has 0 atom stereocenters. The second-order valence-corrected chi connectivity index (χ2v) is 6.32. The number of amides is 1. The molecule has 5 nitrogen and oxygen atoms in total. The van der Waals surface area contributed by atoms with Crippen LogP contribution < -0.4 is 15.4 Å². The SMILES string of the molecule is COCCOc1ccc(NC(=S)NC(=O)c2ccccc2I)cc1. The van der Waals surface area contributed by atoms with E-state index in [4.69, 9.17) is 21.7 Å². The summed E-state index contributed by atoms with van der Waals surface area (Å²) >= 11 is 7.30. The first-order valence-electron chi connectivity index (χ1n) is 7.19. The fraction of sp³-hybridized carbons (Fsp3) is 0.176. The monoisotopic (exact) mass is 456 g/mol. The maximum Gasteiger partial charge on any atom is 0.258 e. The number of carbonyl (C=O) groups excluding carboxylic acids is 1. The molecule has 2 aromatic rings. The van der Waals surface area contributed by atoms with Gasteiger partial charge in [-0.2, -0.15) is 0 Å². The minimum Gasteiger partial charge on any atom is -0.491 e. The number of ether oxygens (including phenoxy) is 2. The maximum absolute atomic E-state index is 12.2. The lowest BCUT2D eigenvalue weighted by molar-refractivity contribution is 0.0977. The number of thiocarbonyl (C=S) groups is 1. The first kappa shape index (κ1) is 18.6. The van der Waals surface area contributed by atoms with E-state index in [0.29, 0.717) is 18.8 Å². The highest BCUT2D eigenvalue weighted by molar-refractivity contribution is 14.1. The van der Waals surface area contributed by atoms with Gasteiger partial charge in [0.15, 0.2) is 5.11 Å². The molecule has 1 amide bonds. The molecule has 2 aromatic carbocycles. The summed E-state index contributed by atoms with van der Waals surface area (Å²) in [7, 11) is 1.63. The van der Waals surface area contributed by atoms with Crippen molar-refractivity contribution in [2.75, 3.05) is 25.6 Å². The van der Waals surface area contributed by atoms with Crippen molar-refractivity contribution in [2.24, 2.45) is 0 Å². The number of anilines is 1. The number of hydrogen-bond donors (Lipinski definition) is 2. The molecule has 0 fully saturated rings. The van der Waals surface area contributed by atoms with Crippen LogP contribution in [0.15, 0.2) is 48.5 Å². The van der Waals surface area contributed by atoms with E-state index < -0.39 is 0 Å². The summed E-state index contributed by atoms with van der Waals surface area (Å²) in [4.78, 5) is 12.2. The van der Waals surface area contributed by atoms with E-state index in [1.165, 1.54) is 0 Å². The first-order chi connectivity index (χ1) is 11.6. The van der Waals surface area contributed by atoms with Crippen LogP contribution in [0, 0.1) is 3.57 Å². The molecule has 0 spiro atoms.